The number of hydrogen-bond acceptors (Lipinski definition) is 2. The second-order valence-corrected chi connectivity index (χ2v) is 4.65. The van der Waals surface area contributed by atoms with E-state index >= 15 is 0 Å². The Morgan fingerprint density at radius 3 is 2.44 bits per heavy atom. The van der Waals surface area contributed by atoms with Crippen LogP contribution in [0.1, 0.15) is 30.2 Å². The van der Waals surface area contributed by atoms with Crippen molar-refractivity contribution < 1.29 is 9.52 Å². The fourth-order valence-electron chi connectivity index (χ4n) is 2.05. The summed E-state index contributed by atoms with van der Waals surface area (Å²) < 4.78 is 5.25. The Morgan fingerprint density at radius 2 is 1.83 bits per heavy atom. The van der Waals surface area contributed by atoms with E-state index in [9.17, 15) is 5.11 Å². The van der Waals surface area contributed by atoms with E-state index in [1.165, 1.54) is 11.1 Å². The van der Waals surface area contributed by atoms with Crippen molar-refractivity contribution in [2.24, 2.45) is 0 Å². The molecule has 96 valence electrons. The predicted octanol–water partition coefficient (Wildman–Crippen LogP) is 3.38. The van der Waals surface area contributed by atoms with Crippen LogP contribution in [0.25, 0.3) is 0 Å². The fraction of sp³-hybridized carbons (Fsp3) is 0.375. The van der Waals surface area contributed by atoms with E-state index in [0.717, 1.165) is 25.0 Å². The van der Waals surface area contributed by atoms with E-state index in [1.54, 1.807) is 6.26 Å². The van der Waals surface area contributed by atoms with Crippen LogP contribution in [-0.2, 0) is 19.3 Å². The van der Waals surface area contributed by atoms with Crippen LogP contribution < -0.4 is 0 Å². The number of aryl methyl sites for hydroxylation is 2. The maximum absolute atomic E-state index is 9.99. The maximum Gasteiger partial charge on any atom is 0.103 e. The summed E-state index contributed by atoms with van der Waals surface area (Å²) in [6.45, 7) is 2.15. The molecule has 1 N–H and O–H groups in total. The zero-order chi connectivity index (χ0) is 12.8. The molecule has 0 saturated heterocycles. The minimum atomic E-state index is -0.303. The van der Waals surface area contributed by atoms with E-state index in [1.807, 2.05) is 12.1 Å². The molecule has 1 aromatic carbocycles. The summed E-state index contributed by atoms with van der Waals surface area (Å²) in [7, 11) is 0. The molecule has 0 amide bonds. The second kappa shape index (κ2) is 6.41. The van der Waals surface area contributed by atoms with Crippen molar-refractivity contribution in [3.05, 3.63) is 59.5 Å². The average Bonchev–Trinajstić information content (AvgIpc) is 2.90. The van der Waals surface area contributed by atoms with E-state index < -0.39 is 0 Å². The topological polar surface area (TPSA) is 33.4 Å². The monoisotopic (exact) mass is 244 g/mol. The minimum Gasteiger partial charge on any atom is -0.469 e. The third kappa shape index (κ3) is 3.74. The molecule has 1 unspecified atom stereocenters. The molecule has 18 heavy (non-hydrogen) atoms. The maximum atomic E-state index is 9.99. The Labute approximate surface area is 108 Å². The smallest absolute Gasteiger partial charge is 0.103 e. The van der Waals surface area contributed by atoms with Crippen molar-refractivity contribution in [3.63, 3.8) is 0 Å². The molecular formula is C16H20O2. The summed E-state index contributed by atoms with van der Waals surface area (Å²) >= 11 is 0. The van der Waals surface area contributed by atoms with Gasteiger partial charge in [0.15, 0.2) is 0 Å². The largest absolute Gasteiger partial charge is 0.469 e. The Balaban J connectivity index is 1.80. The summed E-state index contributed by atoms with van der Waals surface area (Å²) in [6, 6.07) is 12.3. The van der Waals surface area contributed by atoms with Gasteiger partial charge in [-0.25, -0.2) is 0 Å². The molecule has 0 bridgehead atoms. The summed E-state index contributed by atoms with van der Waals surface area (Å²) in [5, 5.41) is 9.99. The van der Waals surface area contributed by atoms with Gasteiger partial charge in [0.05, 0.1) is 12.4 Å². The van der Waals surface area contributed by atoms with Gasteiger partial charge in [-0.3, -0.25) is 0 Å². The molecule has 2 rings (SSSR count). The zero-order valence-electron chi connectivity index (χ0n) is 10.8. The van der Waals surface area contributed by atoms with Gasteiger partial charge in [0, 0.05) is 6.42 Å². The number of aliphatic hydroxyl groups excluding tert-OH is 1. The number of rotatable bonds is 6. The van der Waals surface area contributed by atoms with Crippen LogP contribution in [0.2, 0.25) is 0 Å². The molecule has 0 aliphatic carbocycles. The van der Waals surface area contributed by atoms with Crippen molar-refractivity contribution in [1.82, 2.24) is 0 Å². The standard InChI is InChI=1S/C16H20O2/c1-2-13-5-7-14(8-6-13)12-15(17)9-10-16-4-3-11-18-16/h3-8,11,15,17H,2,9-10,12H2,1H3. The SMILES string of the molecule is CCc1ccc(CC(O)CCc2ccco2)cc1. The molecule has 2 aromatic rings. The lowest BCUT2D eigenvalue weighted by atomic mass is 10.0. The van der Waals surface area contributed by atoms with Gasteiger partial charge in [0.1, 0.15) is 5.76 Å². The van der Waals surface area contributed by atoms with Crippen LogP contribution in [-0.4, -0.2) is 11.2 Å². The van der Waals surface area contributed by atoms with Crippen molar-refractivity contribution in [2.75, 3.05) is 0 Å². The van der Waals surface area contributed by atoms with Gasteiger partial charge < -0.3 is 9.52 Å². The van der Waals surface area contributed by atoms with E-state index in [4.69, 9.17) is 4.42 Å². The molecule has 0 aliphatic rings. The normalized spacial score (nSPS) is 12.6. The van der Waals surface area contributed by atoms with Gasteiger partial charge in [-0.15, -0.1) is 0 Å². The third-order valence-corrected chi connectivity index (χ3v) is 3.21. The lowest BCUT2D eigenvalue weighted by molar-refractivity contribution is 0.163. The first-order valence-electron chi connectivity index (χ1n) is 6.56. The second-order valence-electron chi connectivity index (χ2n) is 4.65. The van der Waals surface area contributed by atoms with Crippen LogP contribution in [0.15, 0.2) is 47.1 Å². The van der Waals surface area contributed by atoms with Gasteiger partial charge in [-0.1, -0.05) is 31.2 Å². The first kappa shape index (κ1) is 12.9. The van der Waals surface area contributed by atoms with Crippen molar-refractivity contribution >= 4 is 0 Å². The minimum absolute atomic E-state index is 0.303. The highest BCUT2D eigenvalue weighted by Crippen LogP contribution is 2.11. The molecular weight excluding hydrogens is 224 g/mol. The molecule has 2 heteroatoms. The number of benzene rings is 1. The summed E-state index contributed by atoms with van der Waals surface area (Å²) in [5.74, 6) is 0.940. The highest BCUT2D eigenvalue weighted by Gasteiger charge is 2.07. The lowest BCUT2D eigenvalue weighted by Gasteiger charge is -2.10. The molecule has 0 spiro atoms. The molecule has 2 nitrogen and oxygen atoms in total. The number of aliphatic hydroxyl groups is 1. The Kier molecular flexibility index (Phi) is 4.59. The number of furan rings is 1. The first-order valence-corrected chi connectivity index (χ1v) is 6.56. The van der Waals surface area contributed by atoms with Gasteiger partial charge in [0.25, 0.3) is 0 Å². The molecule has 0 fully saturated rings. The fourth-order valence-corrected chi connectivity index (χ4v) is 2.05. The molecule has 1 aromatic heterocycles. The van der Waals surface area contributed by atoms with Gasteiger partial charge in [-0.2, -0.15) is 0 Å². The molecule has 0 radical (unpaired) electrons. The highest BCUT2D eigenvalue weighted by molar-refractivity contribution is 5.23. The van der Waals surface area contributed by atoms with Gasteiger partial charge in [-0.05, 0) is 42.5 Å². The highest BCUT2D eigenvalue weighted by atomic mass is 16.3. The molecule has 0 aliphatic heterocycles. The predicted molar refractivity (Wildman–Crippen MR) is 72.6 cm³/mol. The van der Waals surface area contributed by atoms with Crippen LogP contribution in [0.4, 0.5) is 0 Å². The Morgan fingerprint density at radius 1 is 1.11 bits per heavy atom. The summed E-state index contributed by atoms with van der Waals surface area (Å²) in [5.41, 5.74) is 2.53. The summed E-state index contributed by atoms with van der Waals surface area (Å²) in [4.78, 5) is 0. The Hall–Kier alpha value is -1.54. The van der Waals surface area contributed by atoms with Crippen molar-refractivity contribution in [3.8, 4) is 0 Å². The van der Waals surface area contributed by atoms with E-state index in [0.29, 0.717) is 6.42 Å². The molecule has 1 heterocycles. The molecule has 1 atom stereocenters. The zero-order valence-corrected chi connectivity index (χ0v) is 10.8. The quantitative estimate of drug-likeness (QED) is 0.845. The lowest BCUT2D eigenvalue weighted by Crippen LogP contribution is -2.11. The summed E-state index contributed by atoms with van der Waals surface area (Å²) in [6.07, 6.45) is 4.67. The average molecular weight is 244 g/mol. The van der Waals surface area contributed by atoms with Crippen LogP contribution in [0.3, 0.4) is 0 Å². The van der Waals surface area contributed by atoms with Crippen molar-refractivity contribution in [1.29, 1.82) is 0 Å². The van der Waals surface area contributed by atoms with E-state index in [2.05, 4.69) is 31.2 Å². The Bertz CT molecular complexity index is 442. The van der Waals surface area contributed by atoms with Crippen LogP contribution >= 0.6 is 0 Å². The van der Waals surface area contributed by atoms with Crippen LogP contribution in [0.5, 0.6) is 0 Å². The van der Waals surface area contributed by atoms with Gasteiger partial charge >= 0.3 is 0 Å². The number of hydrogen-bond donors (Lipinski definition) is 1. The third-order valence-electron chi connectivity index (χ3n) is 3.21. The first-order chi connectivity index (χ1) is 8.78. The van der Waals surface area contributed by atoms with Gasteiger partial charge in [0.2, 0.25) is 0 Å². The molecule has 0 saturated carbocycles. The van der Waals surface area contributed by atoms with Crippen LogP contribution in [0, 0.1) is 0 Å². The van der Waals surface area contributed by atoms with Crippen molar-refractivity contribution in [2.45, 2.75) is 38.7 Å². The van der Waals surface area contributed by atoms with E-state index in [-0.39, 0.29) is 6.10 Å².